The minimum Gasteiger partial charge on any atom is -0.368 e. The lowest BCUT2D eigenvalue weighted by molar-refractivity contribution is 0.921. The Hall–Kier alpha value is -2.01. The zero-order valence-electron chi connectivity index (χ0n) is 11.0. The third-order valence-electron chi connectivity index (χ3n) is 3.10. The van der Waals surface area contributed by atoms with Gasteiger partial charge in [0.15, 0.2) is 0 Å². The van der Waals surface area contributed by atoms with Gasteiger partial charge in [-0.1, -0.05) is 0 Å². The van der Waals surface area contributed by atoms with Gasteiger partial charge in [-0.15, -0.1) is 0 Å². The first-order chi connectivity index (χ1) is 9.74. The third kappa shape index (κ3) is 2.63. The molecule has 0 atom stereocenters. The predicted octanol–water partition coefficient (Wildman–Crippen LogP) is 3.42. The van der Waals surface area contributed by atoms with Crippen molar-refractivity contribution < 1.29 is 0 Å². The summed E-state index contributed by atoms with van der Waals surface area (Å²) in [5.41, 5.74) is 4.08. The molecule has 0 aliphatic carbocycles. The molecule has 3 aromatic heterocycles. The van der Waals surface area contributed by atoms with E-state index in [9.17, 15) is 0 Å². The van der Waals surface area contributed by atoms with Gasteiger partial charge in [-0.05, 0) is 45.8 Å². The number of pyridine rings is 3. The maximum Gasteiger partial charge on any atom is 0.112 e. The summed E-state index contributed by atoms with van der Waals surface area (Å²) < 4.78 is 0.937. The van der Waals surface area contributed by atoms with Crippen LogP contribution < -0.4 is 4.90 Å². The molecule has 0 saturated carbocycles. The number of fused-ring (bicyclic) bond motifs is 1. The van der Waals surface area contributed by atoms with Gasteiger partial charge < -0.3 is 4.90 Å². The lowest BCUT2D eigenvalue weighted by Crippen LogP contribution is -2.17. The van der Waals surface area contributed by atoms with E-state index in [0.29, 0.717) is 0 Å². The molecule has 0 saturated heterocycles. The van der Waals surface area contributed by atoms with Crippen LogP contribution in [0.4, 0.5) is 5.69 Å². The molecule has 0 N–H and O–H groups in total. The highest BCUT2D eigenvalue weighted by Crippen LogP contribution is 2.25. The fourth-order valence-corrected chi connectivity index (χ4v) is 2.47. The lowest BCUT2D eigenvalue weighted by Gasteiger charge is -2.20. The normalized spacial score (nSPS) is 10.7. The van der Waals surface area contributed by atoms with Crippen LogP contribution in [-0.4, -0.2) is 22.0 Å². The quantitative estimate of drug-likeness (QED) is 0.738. The van der Waals surface area contributed by atoms with Crippen molar-refractivity contribution in [1.29, 1.82) is 0 Å². The van der Waals surface area contributed by atoms with E-state index in [4.69, 9.17) is 0 Å². The molecule has 0 aliphatic rings. The highest BCUT2D eigenvalue weighted by atomic mass is 79.9. The van der Waals surface area contributed by atoms with Gasteiger partial charge in [0.1, 0.15) is 5.52 Å². The van der Waals surface area contributed by atoms with Crippen molar-refractivity contribution in [1.82, 2.24) is 15.0 Å². The second-order valence-corrected chi connectivity index (χ2v) is 5.48. The molecule has 3 aromatic rings. The Bertz CT molecular complexity index is 730. The van der Waals surface area contributed by atoms with E-state index >= 15 is 0 Å². The minimum atomic E-state index is 0.805. The number of anilines is 1. The van der Waals surface area contributed by atoms with Gasteiger partial charge in [0.25, 0.3) is 0 Å². The van der Waals surface area contributed by atoms with Crippen molar-refractivity contribution in [2.24, 2.45) is 0 Å². The first-order valence-corrected chi connectivity index (χ1v) is 7.03. The Morgan fingerprint density at radius 1 is 1.10 bits per heavy atom. The molecule has 20 heavy (non-hydrogen) atoms. The highest BCUT2D eigenvalue weighted by molar-refractivity contribution is 9.10. The standard InChI is InChI=1S/C15H13BrN4/c1-20(10-11-2-5-17-6-3-11)14-4-7-18-13-8-12(16)9-19-15(13)14/h2-9H,10H2,1H3. The van der Waals surface area contributed by atoms with Crippen LogP contribution in [-0.2, 0) is 6.54 Å². The van der Waals surface area contributed by atoms with Crippen molar-refractivity contribution in [3.05, 3.63) is 59.1 Å². The van der Waals surface area contributed by atoms with E-state index in [0.717, 1.165) is 27.7 Å². The molecule has 0 fully saturated rings. The summed E-state index contributed by atoms with van der Waals surface area (Å²) in [6, 6.07) is 8.00. The monoisotopic (exact) mass is 328 g/mol. The molecule has 3 rings (SSSR count). The fourth-order valence-electron chi connectivity index (χ4n) is 2.15. The third-order valence-corrected chi connectivity index (χ3v) is 3.54. The summed E-state index contributed by atoms with van der Waals surface area (Å²) >= 11 is 3.42. The van der Waals surface area contributed by atoms with Gasteiger partial charge >= 0.3 is 0 Å². The number of aromatic nitrogens is 3. The van der Waals surface area contributed by atoms with Crippen molar-refractivity contribution in [3.63, 3.8) is 0 Å². The summed E-state index contributed by atoms with van der Waals surface area (Å²) in [6.45, 7) is 0.805. The summed E-state index contributed by atoms with van der Waals surface area (Å²) in [6.07, 6.45) is 7.23. The summed E-state index contributed by atoms with van der Waals surface area (Å²) in [5, 5.41) is 0. The SMILES string of the molecule is CN(Cc1ccncc1)c1ccnc2cc(Br)cnc12. The fraction of sp³-hybridized carbons (Fsp3) is 0.133. The topological polar surface area (TPSA) is 41.9 Å². The molecule has 4 nitrogen and oxygen atoms in total. The smallest absolute Gasteiger partial charge is 0.112 e. The Morgan fingerprint density at radius 2 is 1.90 bits per heavy atom. The summed E-state index contributed by atoms with van der Waals surface area (Å²) in [4.78, 5) is 15.0. The number of hydrogen-bond donors (Lipinski definition) is 0. The van der Waals surface area contributed by atoms with Gasteiger partial charge in [-0.3, -0.25) is 15.0 Å². The van der Waals surface area contributed by atoms with Crippen LogP contribution in [0.1, 0.15) is 5.56 Å². The molecular weight excluding hydrogens is 316 g/mol. The largest absolute Gasteiger partial charge is 0.368 e. The minimum absolute atomic E-state index is 0.805. The van der Waals surface area contributed by atoms with Crippen molar-refractivity contribution >= 4 is 32.7 Å². The molecule has 0 amide bonds. The van der Waals surface area contributed by atoms with Gasteiger partial charge in [0.2, 0.25) is 0 Å². The average Bonchev–Trinajstić information content (AvgIpc) is 2.47. The van der Waals surface area contributed by atoms with Gasteiger partial charge in [0.05, 0.1) is 11.2 Å². The van der Waals surface area contributed by atoms with Crippen molar-refractivity contribution in [2.75, 3.05) is 11.9 Å². The number of rotatable bonds is 3. The Morgan fingerprint density at radius 3 is 2.70 bits per heavy atom. The van der Waals surface area contributed by atoms with Crippen LogP contribution in [0.3, 0.4) is 0 Å². The summed E-state index contributed by atoms with van der Waals surface area (Å²) in [7, 11) is 2.05. The Kier molecular flexibility index (Phi) is 3.60. The van der Waals surface area contributed by atoms with Crippen LogP contribution >= 0.6 is 15.9 Å². The van der Waals surface area contributed by atoms with E-state index in [2.05, 4.69) is 42.8 Å². The van der Waals surface area contributed by atoms with E-state index in [1.165, 1.54) is 5.56 Å². The van der Waals surface area contributed by atoms with Gasteiger partial charge in [0, 0.05) is 42.9 Å². The molecule has 0 bridgehead atoms. The van der Waals surface area contributed by atoms with Crippen LogP contribution in [0, 0.1) is 0 Å². The van der Waals surface area contributed by atoms with Crippen molar-refractivity contribution in [3.8, 4) is 0 Å². The molecule has 0 spiro atoms. The van der Waals surface area contributed by atoms with E-state index in [1.54, 1.807) is 6.20 Å². The Labute approximate surface area is 125 Å². The van der Waals surface area contributed by atoms with E-state index in [1.807, 2.05) is 42.9 Å². The second kappa shape index (κ2) is 5.54. The maximum absolute atomic E-state index is 4.48. The molecule has 3 heterocycles. The van der Waals surface area contributed by atoms with Crippen LogP contribution in [0.5, 0.6) is 0 Å². The van der Waals surface area contributed by atoms with Crippen LogP contribution in [0.2, 0.25) is 0 Å². The van der Waals surface area contributed by atoms with Crippen molar-refractivity contribution in [2.45, 2.75) is 6.54 Å². The molecule has 100 valence electrons. The molecular formula is C15H13BrN4. The molecule has 0 radical (unpaired) electrons. The second-order valence-electron chi connectivity index (χ2n) is 4.56. The molecule has 0 aliphatic heterocycles. The molecule has 0 unspecified atom stereocenters. The predicted molar refractivity (Wildman–Crippen MR) is 83.6 cm³/mol. The number of nitrogens with zero attached hydrogens (tertiary/aromatic N) is 4. The molecule has 0 aromatic carbocycles. The lowest BCUT2D eigenvalue weighted by atomic mass is 10.2. The van der Waals surface area contributed by atoms with E-state index in [-0.39, 0.29) is 0 Å². The first-order valence-electron chi connectivity index (χ1n) is 6.24. The zero-order chi connectivity index (χ0) is 13.9. The van der Waals surface area contributed by atoms with Crippen LogP contribution in [0.25, 0.3) is 11.0 Å². The maximum atomic E-state index is 4.48. The molecule has 5 heteroatoms. The zero-order valence-corrected chi connectivity index (χ0v) is 12.6. The van der Waals surface area contributed by atoms with Gasteiger partial charge in [-0.2, -0.15) is 0 Å². The average molecular weight is 329 g/mol. The number of halogens is 1. The first kappa shape index (κ1) is 13.0. The van der Waals surface area contributed by atoms with Gasteiger partial charge in [-0.25, -0.2) is 0 Å². The summed E-state index contributed by atoms with van der Waals surface area (Å²) in [5.74, 6) is 0. The van der Waals surface area contributed by atoms with Crippen LogP contribution in [0.15, 0.2) is 53.5 Å². The Balaban J connectivity index is 1.97. The number of hydrogen-bond acceptors (Lipinski definition) is 4. The highest BCUT2D eigenvalue weighted by Gasteiger charge is 2.09. The van der Waals surface area contributed by atoms with E-state index < -0.39 is 0 Å².